The third-order valence-corrected chi connectivity index (χ3v) is 4.55. The Labute approximate surface area is 143 Å². The SMILES string of the molecule is CC(C)(C)C1NC(=O)CCN(c2ccc(Cl)cc2I)C1=O. The van der Waals surface area contributed by atoms with Gasteiger partial charge < -0.3 is 10.2 Å². The van der Waals surface area contributed by atoms with Gasteiger partial charge in [-0.3, -0.25) is 9.59 Å². The third-order valence-electron chi connectivity index (χ3n) is 3.45. The minimum absolute atomic E-state index is 0.0754. The Bertz CT molecular complexity index is 584. The van der Waals surface area contributed by atoms with Crippen molar-refractivity contribution in [2.24, 2.45) is 5.41 Å². The molecule has 0 radical (unpaired) electrons. The highest BCUT2D eigenvalue weighted by Crippen LogP contribution is 2.30. The number of amides is 2. The summed E-state index contributed by atoms with van der Waals surface area (Å²) in [4.78, 5) is 26.4. The fourth-order valence-corrected chi connectivity index (χ4v) is 3.46. The van der Waals surface area contributed by atoms with E-state index in [4.69, 9.17) is 11.6 Å². The summed E-state index contributed by atoms with van der Waals surface area (Å²) >= 11 is 8.13. The van der Waals surface area contributed by atoms with Crippen molar-refractivity contribution in [3.05, 3.63) is 26.8 Å². The van der Waals surface area contributed by atoms with Crippen molar-refractivity contribution in [1.29, 1.82) is 0 Å². The van der Waals surface area contributed by atoms with E-state index in [9.17, 15) is 9.59 Å². The van der Waals surface area contributed by atoms with E-state index in [1.807, 2.05) is 32.9 Å². The molecule has 1 N–H and O–H groups in total. The maximum absolute atomic E-state index is 12.9. The molecule has 1 aromatic rings. The Morgan fingerprint density at radius 3 is 2.57 bits per heavy atom. The molecule has 0 bridgehead atoms. The molecule has 0 saturated carbocycles. The lowest BCUT2D eigenvalue weighted by atomic mass is 9.86. The van der Waals surface area contributed by atoms with Crippen LogP contribution in [0.25, 0.3) is 0 Å². The number of rotatable bonds is 1. The van der Waals surface area contributed by atoms with Crippen molar-refractivity contribution in [3.8, 4) is 0 Å². The minimum atomic E-state index is -0.529. The van der Waals surface area contributed by atoms with Crippen molar-refractivity contribution >= 4 is 51.7 Å². The molecule has 0 spiro atoms. The smallest absolute Gasteiger partial charge is 0.250 e. The second-order valence-electron chi connectivity index (χ2n) is 6.20. The monoisotopic (exact) mass is 420 g/mol. The van der Waals surface area contributed by atoms with Gasteiger partial charge in [0, 0.05) is 21.6 Å². The third kappa shape index (κ3) is 3.69. The van der Waals surface area contributed by atoms with E-state index in [2.05, 4.69) is 27.9 Å². The molecule has 0 aliphatic carbocycles. The maximum atomic E-state index is 12.9. The first-order valence-corrected chi connectivity index (χ1v) is 8.21. The summed E-state index contributed by atoms with van der Waals surface area (Å²) < 4.78 is 0.899. The lowest BCUT2D eigenvalue weighted by molar-refractivity contribution is -0.127. The molecule has 4 nitrogen and oxygen atoms in total. The second kappa shape index (κ2) is 6.12. The molecule has 1 atom stereocenters. The molecule has 114 valence electrons. The zero-order valence-electron chi connectivity index (χ0n) is 12.2. The molecule has 1 fully saturated rings. The van der Waals surface area contributed by atoms with E-state index < -0.39 is 6.04 Å². The van der Waals surface area contributed by atoms with Crippen LogP contribution in [0.3, 0.4) is 0 Å². The van der Waals surface area contributed by atoms with Crippen LogP contribution in [0.5, 0.6) is 0 Å². The number of nitrogens with one attached hydrogen (secondary N) is 1. The normalized spacial score (nSPS) is 20.2. The molecule has 1 aliphatic rings. The number of carbonyl (C=O) groups excluding carboxylic acids is 2. The quantitative estimate of drug-likeness (QED) is 0.709. The van der Waals surface area contributed by atoms with Gasteiger partial charge in [-0.1, -0.05) is 32.4 Å². The Morgan fingerprint density at radius 2 is 2.00 bits per heavy atom. The lowest BCUT2D eigenvalue weighted by Gasteiger charge is -2.32. The standard InChI is InChI=1S/C15H18ClIN2O2/c1-15(2,3)13-14(21)19(7-6-12(20)18-13)11-5-4-9(16)8-10(11)17/h4-5,8,13H,6-7H2,1-3H3,(H,18,20). The van der Waals surface area contributed by atoms with E-state index in [1.165, 1.54) is 0 Å². The highest BCUT2D eigenvalue weighted by Gasteiger charge is 2.38. The number of halogens is 2. The molecule has 1 heterocycles. The zero-order chi connectivity index (χ0) is 15.8. The summed E-state index contributed by atoms with van der Waals surface area (Å²) in [5, 5.41) is 3.47. The molecular weight excluding hydrogens is 403 g/mol. The molecule has 1 aromatic carbocycles. The van der Waals surface area contributed by atoms with Crippen LogP contribution in [-0.2, 0) is 9.59 Å². The van der Waals surface area contributed by atoms with Gasteiger partial charge in [-0.2, -0.15) is 0 Å². The molecule has 2 amide bonds. The van der Waals surface area contributed by atoms with Gasteiger partial charge in [0.25, 0.3) is 0 Å². The minimum Gasteiger partial charge on any atom is -0.344 e. The predicted molar refractivity (Wildman–Crippen MR) is 92.5 cm³/mol. The van der Waals surface area contributed by atoms with Crippen molar-refractivity contribution < 1.29 is 9.59 Å². The van der Waals surface area contributed by atoms with E-state index >= 15 is 0 Å². The largest absolute Gasteiger partial charge is 0.344 e. The number of hydrogen-bond donors (Lipinski definition) is 1. The average molecular weight is 421 g/mol. The number of benzene rings is 1. The first kappa shape index (κ1) is 16.5. The Balaban J connectivity index is 2.42. The van der Waals surface area contributed by atoms with E-state index in [1.54, 1.807) is 11.0 Å². The summed E-state index contributed by atoms with van der Waals surface area (Å²) in [7, 11) is 0. The predicted octanol–water partition coefficient (Wildman–Crippen LogP) is 3.21. The summed E-state index contributed by atoms with van der Waals surface area (Å²) in [6.45, 7) is 6.24. The molecule has 1 aliphatic heterocycles. The number of anilines is 1. The van der Waals surface area contributed by atoms with Gasteiger partial charge in [0.2, 0.25) is 11.8 Å². The van der Waals surface area contributed by atoms with Gasteiger partial charge in [0.05, 0.1) is 5.69 Å². The topological polar surface area (TPSA) is 49.4 Å². The van der Waals surface area contributed by atoms with Gasteiger partial charge in [-0.25, -0.2) is 0 Å². The lowest BCUT2D eigenvalue weighted by Crippen LogP contribution is -2.52. The highest BCUT2D eigenvalue weighted by atomic mass is 127. The van der Waals surface area contributed by atoms with E-state index in [0.29, 0.717) is 18.0 Å². The van der Waals surface area contributed by atoms with Gasteiger partial charge in [-0.15, -0.1) is 0 Å². The molecule has 1 unspecified atom stereocenters. The van der Waals surface area contributed by atoms with Crippen LogP contribution in [0.1, 0.15) is 27.2 Å². The summed E-state index contributed by atoms with van der Waals surface area (Å²) in [5.41, 5.74) is 0.462. The first-order chi connectivity index (χ1) is 9.70. The summed E-state index contributed by atoms with van der Waals surface area (Å²) in [6, 6.07) is 4.88. The Hall–Kier alpha value is -0.820. The van der Waals surface area contributed by atoms with Gasteiger partial charge in [0.15, 0.2) is 0 Å². The number of hydrogen-bond acceptors (Lipinski definition) is 2. The Kier molecular flexibility index (Phi) is 4.82. The number of carbonyl (C=O) groups is 2. The van der Waals surface area contributed by atoms with Crippen molar-refractivity contribution in [3.63, 3.8) is 0 Å². The fourth-order valence-electron chi connectivity index (χ4n) is 2.30. The van der Waals surface area contributed by atoms with Gasteiger partial charge >= 0.3 is 0 Å². The second-order valence-corrected chi connectivity index (χ2v) is 7.80. The van der Waals surface area contributed by atoms with Gasteiger partial charge in [0.1, 0.15) is 6.04 Å². The molecular formula is C15H18ClIN2O2. The molecule has 0 aromatic heterocycles. The van der Waals surface area contributed by atoms with Crippen LogP contribution < -0.4 is 10.2 Å². The average Bonchev–Trinajstić information content (AvgIpc) is 2.50. The van der Waals surface area contributed by atoms with Crippen LogP contribution in [0.15, 0.2) is 18.2 Å². The van der Waals surface area contributed by atoms with Crippen molar-refractivity contribution in [2.75, 3.05) is 11.4 Å². The van der Waals surface area contributed by atoms with E-state index in [-0.39, 0.29) is 17.2 Å². The van der Waals surface area contributed by atoms with E-state index in [0.717, 1.165) is 9.26 Å². The number of nitrogens with zero attached hydrogens (tertiary/aromatic N) is 1. The Morgan fingerprint density at radius 1 is 1.33 bits per heavy atom. The van der Waals surface area contributed by atoms with Crippen LogP contribution in [0, 0.1) is 8.99 Å². The van der Waals surface area contributed by atoms with Gasteiger partial charge in [-0.05, 0) is 46.2 Å². The maximum Gasteiger partial charge on any atom is 0.250 e. The van der Waals surface area contributed by atoms with Crippen LogP contribution in [-0.4, -0.2) is 24.4 Å². The molecule has 2 rings (SSSR count). The van der Waals surface area contributed by atoms with Crippen molar-refractivity contribution in [2.45, 2.75) is 33.2 Å². The van der Waals surface area contributed by atoms with Crippen LogP contribution in [0.4, 0.5) is 5.69 Å². The molecule has 21 heavy (non-hydrogen) atoms. The fraction of sp³-hybridized carbons (Fsp3) is 0.467. The molecule has 6 heteroatoms. The van der Waals surface area contributed by atoms with Crippen molar-refractivity contribution in [1.82, 2.24) is 5.32 Å². The summed E-state index contributed by atoms with van der Waals surface area (Å²) in [6.07, 6.45) is 0.303. The zero-order valence-corrected chi connectivity index (χ0v) is 15.2. The molecule has 1 saturated heterocycles. The summed E-state index contributed by atoms with van der Waals surface area (Å²) in [5.74, 6) is -0.164. The highest BCUT2D eigenvalue weighted by molar-refractivity contribution is 14.1. The first-order valence-electron chi connectivity index (χ1n) is 6.76. The van der Waals surface area contributed by atoms with Crippen LogP contribution in [0.2, 0.25) is 5.02 Å². The van der Waals surface area contributed by atoms with Crippen LogP contribution >= 0.6 is 34.2 Å².